The number of nitrogens with one attached hydrogen (secondary N) is 1. The second-order valence-corrected chi connectivity index (χ2v) is 5.50. The molecule has 0 radical (unpaired) electrons. The minimum Gasteiger partial charge on any atom is -0.508 e. The van der Waals surface area contributed by atoms with Crippen LogP contribution in [0.2, 0.25) is 0 Å². The molecule has 0 aliphatic carbocycles. The van der Waals surface area contributed by atoms with Crippen molar-refractivity contribution < 1.29 is 19.7 Å². The van der Waals surface area contributed by atoms with E-state index in [9.17, 15) is 15.0 Å². The van der Waals surface area contributed by atoms with Crippen LogP contribution in [-0.2, 0) is 4.79 Å². The van der Waals surface area contributed by atoms with Gasteiger partial charge in [0.15, 0.2) is 6.61 Å². The van der Waals surface area contributed by atoms with Crippen LogP contribution >= 0.6 is 0 Å². The summed E-state index contributed by atoms with van der Waals surface area (Å²) in [6, 6.07) is 8.45. The van der Waals surface area contributed by atoms with E-state index in [2.05, 4.69) is 10.5 Å². The highest BCUT2D eigenvalue weighted by Crippen LogP contribution is 2.25. The number of hydrogen-bond donors (Lipinski definition) is 3. The van der Waals surface area contributed by atoms with Gasteiger partial charge in [-0.25, -0.2) is 5.43 Å². The third kappa shape index (κ3) is 4.25. The number of amides is 1. The molecule has 0 bridgehead atoms. The van der Waals surface area contributed by atoms with Gasteiger partial charge in [-0.3, -0.25) is 4.79 Å². The summed E-state index contributed by atoms with van der Waals surface area (Å²) in [6.07, 6.45) is 1.32. The molecule has 0 spiro atoms. The van der Waals surface area contributed by atoms with Crippen LogP contribution in [-0.4, -0.2) is 28.9 Å². The van der Waals surface area contributed by atoms with E-state index in [0.29, 0.717) is 16.9 Å². The zero-order chi connectivity index (χ0) is 17.7. The van der Waals surface area contributed by atoms with Crippen molar-refractivity contribution in [1.82, 2.24) is 5.43 Å². The Hall–Kier alpha value is -3.02. The summed E-state index contributed by atoms with van der Waals surface area (Å²) in [4.78, 5) is 11.8. The topological polar surface area (TPSA) is 91.1 Å². The molecule has 6 nitrogen and oxygen atoms in total. The molecule has 0 atom stereocenters. The summed E-state index contributed by atoms with van der Waals surface area (Å²) in [5.41, 5.74) is 5.31. The molecular weight excluding hydrogens is 308 g/mol. The number of phenolic OH excluding ortho intramolecular Hbond substituents is 2. The van der Waals surface area contributed by atoms with E-state index in [4.69, 9.17) is 4.74 Å². The molecule has 0 aliphatic heterocycles. The lowest BCUT2D eigenvalue weighted by atomic mass is 10.1. The lowest BCUT2D eigenvalue weighted by Gasteiger charge is -2.10. The van der Waals surface area contributed by atoms with Gasteiger partial charge in [0.25, 0.3) is 5.91 Å². The predicted octanol–water partition coefficient (Wildman–Crippen LogP) is 2.55. The highest BCUT2D eigenvalue weighted by Gasteiger charge is 2.07. The summed E-state index contributed by atoms with van der Waals surface area (Å²) in [5, 5.41) is 22.9. The number of benzene rings is 2. The van der Waals surface area contributed by atoms with Gasteiger partial charge < -0.3 is 14.9 Å². The average Bonchev–Trinajstić information content (AvgIpc) is 2.49. The minimum atomic E-state index is -0.412. The third-order valence-electron chi connectivity index (χ3n) is 3.49. The number of carbonyl (C=O) groups excluding carboxylic acids is 1. The number of hydrazone groups is 1. The Kier molecular flexibility index (Phi) is 5.42. The Labute approximate surface area is 140 Å². The Balaban J connectivity index is 1.94. The monoisotopic (exact) mass is 328 g/mol. The molecule has 126 valence electrons. The minimum absolute atomic E-state index is 0.0341. The van der Waals surface area contributed by atoms with Crippen LogP contribution < -0.4 is 10.2 Å². The highest BCUT2D eigenvalue weighted by atomic mass is 16.5. The fourth-order valence-electron chi connectivity index (χ4n) is 2.29. The van der Waals surface area contributed by atoms with Gasteiger partial charge in [-0.05, 0) is 43.5 Å². The molecule has 0 saturated carbocycles. The molecule has 2 aromatic carbocycles. The number of phenols is 2. The molecule has 0 aliphatic rings. The van der Waals surface area contributed by atoms with Gasteiger partial charge in [0.05, 0.1) is 6.21 Å². The van der Waals surface area contributed by atoms with Crippen LogP contribution in [0.3, 0.4) is 0 Å². The van der Waals surface area contributed by atoms with E-state index < -0.39 is 5.91 Å². The van der Waals surface area contributed by atoms with E-state index in [-0.39, 0.29) is 18.1 Å². The van der Waals surface area contributed by atoms with E-state index in [0.717, 1.165) is 11.1 Å². The number of rotatable bonds is 5. The van der Waals surface area contributed by atoms with Crippen LogP contribution in [0.1, 0.15) is 22.3 Å². The molecule has 2 aromatic rings. The first kappa shape index (κ1) is 17.3. The molecule has 0 unspecified atom stereocenters. The lowest BCUT2D eigenvalue weighted by Crippen LogP contribution is -2.25. The molecule has 0 aromatic heterocycles. The SMILES string of the molecule is Cc1cc(O)cc(O)c1/C=N\NC(=O)COc1c(C)cccc1C. The first-order chi connectivity index (χ1) is 11.4. The van der Waals surface area contributed by atoms with E-state index in [1.54, 1.807) is 6.92 Å². The van der Waals surface area contributed by atoms with Crippen LogP contribution in [0, 0.1) is 20.8 Å². The van der Waals surface area contributed by atoms with Gasteiger partial charge in [-0.1, -0.05) is 18.2 Å². The maximum Gasteiger partial charge on any atom is 0.277 e. The molecule has 24 heavy (non-hydrogen) atoms. The van der Waals surface area contributed by atoms with Crippen molar-refractivity contribution in [3.63, 3.8) is 0 Å². The molecular formula is C18H20N2O4. The van der Waals surface area contributed by atoms with Crippen LogP contribution in [0.15, 0.2) is 35.4 Å². The van der Waals surface area contributed by atoms with E-state index in [1.165, 1.54) is 18.3 Å². The molecule has 0 heterocycles. The molecule has 3 N–H and O–H groups in total. The maximum absolute atomic E-state index is 11.8. The normalized spacial score (nSPS) is 10.8. The number of aryl methyl sites for hydroxylation is 3. The molecule has 0 saturated heterocycles. The molecule has 0 fully saturated rings. The summed E-state index contributed by atoms with van der Waals surface area (Å²) < 4.78 is 5.53. The van der Waals surface area contributed by atoms with Crippen molar-refractivity contribution >= 4 is 12.1 Å². The number of aromatic hydroxyl groups is 2. The van der Waals surface area contributed by atoms with E-state index >= 15 is 0 Å². The van der Waals surface area contributed by atoms with Crippen molar-refractivity contribution in [1.29, 1.82) is 0 Å². The van der Waals surface area contributed by atoms with Crippen molar-refractivity contribution in [3.8, 4) is 17.2 Å². The fourth-order valence-corrected chi connectivity index (χ4v) is 2.29. The van der Waals surface area contributed by atoms with Gasteiger partial charge in [-0.2, -0.15) is 5.10 Å². The first-order valence-electron chi connectivity index (χ1n) is 7.42. The number of ether oxygens (including phenoxy) is 1. The first-order valence-corrected chi connectivity index (χ1v) is 7.42. The largest absolute Gasteiger partial charge is 0.508 e. The zero-order valence-corrected chi connectivity index (χ0v) is 13.8. The standard InChI is InChI=1S/C18H20N2O4/c1-11-5-4-6-12(2)18(11)24-10-17(23)20-19-9-15-13(3)7-14(21)8-16(15)22/h4-9,21-22H,10H2,1-3H3,(H,20,23)/b19-9-. The van der Waals surface area contributed by atoms with Gasteiger partial charge in [-0.15, -0.1) is 0 Å². The Morgan fingerprint density at radius 3 is 2.46 bits per heavy atom. The molecule has 2 rings (SSSR count). The van der Waals surface area contributed by atoms with Crippen LogP contribution in [0.5, 0.6) is 17.2 Å². The predicted molar refractivity (Wildman–Crippen MR) is 91.7 cm³/mol. The van der Waals surface area contributed by atoms with Crippen molar-refractivity contribution in [2.24, 2.45) is 5.10 Å². The maximum atomic E-state index is 11.8. The van der Waals surface area contributed by atoms with Crippen LogP contribution in [0.25, 0.3) is 0 Å². The van der Waals surface area contributed by atoms with Crippen LogP contribution in [0.4, 0.5) is 0 Å². The highest BCUT2D eigenvalue weighted by molar-refractivity contribution is 5.87. The number of para-hydroxylation sites is 1. The number of nitrogens with zero attached hydrogens (tertiary/aromatic N) is 1. The quantitative estimate of drug-likeness (QED) is 0.581. The van der Waals surface area contributed by atoms with Crippen molar-refractivity contribution in [3.05, 3.63) is 52.6 Å². The Morgan fingerprint density at radius 2 is 1.83 bits per heavy atom. The van der Waals surface area contributed by atoms with Gasteiger partial charge in [0, 0.05) is 11.6 Å². The summed E-state index contributed by atoms with van der Waals surface area (Å²) >= 11 is 0. The summed E-state index contributed by atoms with van der Waals surface area (Å²) in [7, 11) is 0. The van der Waals surface area contributed by atoms with Gasteiger partial charge >= 0.3 is 0 Å². The number of carbonyl (C=O) groups is 1. The summed E-state index contributed by atoms with van der Waals surface area (Å²) in [5.74, 6) is 0.124. The second-order valence-electron chi connectivity index (χ2n) is 5.50. The Morgan fingerprint density at radius 1 is 1.17 bits per heavy atom. The molecule has 1 amide bonds. The fraction of sp³-hybridized carbons (Fsp3) is 0.222. The van der Waals surface area contributed by atoms with Gasteiger partial charge in [0.1, 0.15) is 17.2 Å². The smallest absolute Gasteiger partial charge is 0.277 e. The van der Waals surface area contributed by atoms with Crippen molar-refractivity contribution in [2.75, 3.05) is 6.61 Å². The van der Waals surface area contributed by atoms with E-state index in [1.807, 2.05) is 32.0 Å². The third-order valence-corrected chi connectivity index (χ3v) is 3.49. The summed E-state index contributed by atoms with van der Waals surface area (Å²) in [6.45, 7) is 5.37. The zero-order valence-electron chi connectivity index (χ0n) is 13.8. The molecule has 6 heteroatoms. The Bertz CT molecular complexity index is 741. The number of hydrogen-bond acceptors (Lipinski definition) is 5. The average molecular weight is 328 g/mol. The van der Waals surface area contributed by atoms with Gasteiger partial charge in [0.2, 0.25) is 0 Å². The van der Waals surface area contributed by atoms with Crippen molar-refractivity contribution in [2.45, 2.75) is 20.8 Å². The second kappa shape index (κ2) is 7.50. The lowest BCUT2D eigenvalue weighted by molar-refractivity contribution is -0.123.